The number of pyridine rings is 1. The molecule has 0 N–H and O–H groups in total. The summed E-state index contributed by atoms with van der Waals surface area (Å²) in [6.45, 7) is 9.97. The summed E-state index contributed by atoms with van der Waals surface area (Å²) in [5, 5.41) is 0.111. The second-order valence-electron chi connectivity index (χ2n) is 7.40. The summed E-state index contributed by atoms with van der Waals surface area (Å²) >= 11 is 9.48. The van der Waals surface area contributed by atoms with E-state index in [1.807, 2.05) is 0 Å². The number of hydrogen-bond acceptors (Lipinski definition) is 7. The molecule has 2 heterocycles. The largest absolute Gasteiger partial charge is 0.450 e. The number of carbonyl (C=O) groups excluding carboxylic acids is 2. The first-order valence-corrected chi connectivity index (χ1v) is 8.88. The quantitative estimate of drug-likeness (QED) is 0.600. The molecule has 0 aliphatic carbocycles. The van der Waals surface area contributed by atoms with E-state index in [2.05, 4.69) is 20.9 Å². The molecule has 0 unspecified atom stereocenters. The SMILES string of the molecule is CC(C)(C)OC(=O)N(C(=O)OC(C)(C)C)c1nc2c(c(Cl)c1Br)OCO2. The van der Waals surface area contributed by atoms with Crippen LogP contribution in [0.3, 0.4) is 0 Å². The van der Waals surface area contributed by atoms with Gasteiger partial charge in [-0.05, 0) is 57.5 Å². The zero-order chi connectivity index (χ0) is 19.9. The van der Waals surface area contributed by atoms with Crippen molar-refractivity contribution in [1.82, 2.24) is 4.98 Å². The number of amides is 2. The summed E-state index contributed by atoms with van der Waals surface area (Å²) in [6, 6.07) is 0. The number of ether oxygens (including phenoxy) is 4. The predicted octanol–water partition coefficient (Wildman–Crippen LogP) is 4.90. The topological polar surface area (TPSA) is 87.2 Å². The molecule has 1 aliphatic rings. The molecule has 0 bridgehead atoms. The van der Waals surface area contributed by atoms with E-state index in [1.54, 1.807) is 41.5 Å². The maximum absolute atomic E-state index is 12.7. The highest BCUT2D eigenvalue weighted by Gasteiger charge is 2.37. The van der Waals surface area contributed by atoms with E-state index < -0.39 is 23.4 Å². The molecule has 0 saturated carbocycles. The van der Waals surface area contributed by atoms with Crippen molar-refractivity contribution in [2.75, 3.05) is 11.7 Å². The van der Waals surface area contributed by atoms with Crippen LogP contribution in [0.4, 0.5) is 15.4 Å². The van der Waals surface area contributed by atoms with Gasteiger partial charge in [-0.1, -0.05) is 11.6 Å². The maximum Gasteiger partial charge on any atom is 0.425 e. The van der Waals surface area contributed by atoms with Gasteiger partial charge in [0.05, 0.1) is 4.47 Å². The number of rotatable bonds is 1. The smallest absolute Gasteiger partial charge is 0.425 e. The Morgan fingerprint density at radius 2 is 1.58 bits per heavy atom. The van der Waals surface area contributed by atoms with Crippen molar-refractivity contribution < 1.29 is 28.5 Å². The molecule has 144 valence electrons. The molecule has 0 fully saturated rings. The molecule has 1 aromatic heterocycles. The summed E-state index contributed by atoms with van der Waals surface area (Å²) < 4.78 is 21.2. The standard InChI is InChI=1S/C16H20BrClN2O6/c1-15(2,3)25-13(21)20(14(22)26-16(4,5)6)11-8(17)9(18)10-12(19-11)24-7-23-10/h7H2,1-6H3. The third-order valence-electron chi connectivity index (χ3n) is 2.75. The third-order valence-corrected chi connectivity index (χ3v) is 4.09. The Kier molecular flexibility index (Phi) is 5.63. The fourth-order valence-corrected chi connectivity index (χ4v) is 2.53. The van der Waals surface area contributed by atoms with E-state index in [0.717, 1.165) is 0 Å². The van der Waals surface area contributed by atoms with E-state index >= 15 is 0 Å². The summed E-state index contributed by atoms with van der Waals surface area (Å²) in [7, 11) is 0. The van der Waals surface area contributed by atoms with Gasteiger partial charge in [0.1, 0.15) is 16.2 Å². The summed E-state index contributed by atoms with van der Waals surface area (Å²) in [4.78, 5) is 30.2. The molecule has 10 heteroatoms. The van der Waals surface area contributed by atoms with Crippen molar-refractivity contribution in [2.45, 2.75) is 52.7 Å². The van der Waals surface area contributed by atoms with Crippen LogP contribution in [0.2, 0.25) is 5.02 Å². The fraction of sp³-hybridized carbons (Fsp3) is 0.562. The van der Waals surface area contributed by atoms with E-state index in [1.165, 1.54) is 0 Å². The Morgan fingerprint density at radius 3 is 2.04 bits per heavy atom. The average molecular weight is 452 g/mol. The first-order valence-electron chi connectivity index (χ1n) is 7.71. The molecule has 2 amide bonds. The van der Waals surface area contributed by atoms with Crippen LogP contribution in [0.1, 0.15) is 41.5 Å². The number of carbonyl (C=O) groups is 2. The Bertz CT molecular complexity index is 714. The lowest BCUT2D eigenvalue weighted by atomic mass is 10.2. The maximum atomic E-state index is 12.7. The highest BCUT2D eigenvalue weighted by Crippen LogP contribution is 2.46. The second kappa shape index (κ2) is 7.11. The van der Waals surface area contributed by atoms with Crippen LogP contribution in [0.15, 0.2) is 4.47 Å². The van der Waals surface area contributed by atoms with E-state index in [0.29, 0.717) is 4.90 Å². The van der Waals surface area contributed by atoms with E-state index in [-0.39, 0.29) is 33.7 Å². The summed E-state index contributed by atoms with van der Waals surface area (Å²) in [6.07, 6.45) is -1.93. The van der Waals surface area contributed by atoms with Gasteiger partial charge in [0, 0.05) is 0 Å². The van der Waals surface area contributed by atoms with Crippen molar-refractivity contribution in [2.24, 2.45) is 0 Å². The van der Waals surface area contributed by atoms with Gasteiger partial charge in [-0.15, -0.1) is 0 Å². The molecule has 1 aromatic rings. The number of hydrogen-bond donors (Lipinski definition) is 0. The highest BCUT2D eigenvalue weighted by molar-refractivity contribution is 9.10. The Hall–Kier alpha value is -1.74. The van der Waals surface area contributed by atoms with Crippen molar-refractivity contribution in [3.05, 3.63) is 9.50 Å². The minimum absolute atomic E-state index is 0.0605. The fourth-order valence-electron chi connectivity index (χ4n) is 1.87. The van der Waals surface area contributed by atoms with Crippen LogP contribution in [0.25, 0.3) is 0 Å². The van der Waals surface area contributed by atoms with Gasteiger partial charge in [0.15, 0.2) is 5.82 Å². The number of fused-ring (bicyclic) bond motifs is 1. The van der Waals surface area contributed by atoms with Crippen LogP contribution < -0.4 is 14.4 Å². The van der Waals surface area contributed by atoms with Gasteiger partial charge in [-0.3, -0.25) is 0 Å². The molecule has 8 nitrogen and oxygen atoms in total. The Morgan fingerprint density at radius 1 is 1.08 bits per heavy atom. The number of nitrogens with zero attached hydrogens (tertiary/aromatic N) is 2. The number of anilines is 1. The molecule has 2 rings (SSSR count). The van der Waals surface area contributed by atoms with Gasteiger partial charge in [-0.25, -0.2) is 9.59 Å². The average Bonchev–Trinajstić information content (AvgIpc) is 2.88. The zero-order valence-electron chi connectivity index (χ0n) is 15.3. The molecule has 26 heavy (non-hydrogen) atoms. The number of halogens is 2. The molecule has 0 aromatic carbocycles. The summed E-state index contributed by atoms with van der Waals surface area (Å²) in [5.41, 5.74) is -1.69. The first-order chi connectivity index (χ1) is 11.8. The van der Waals surface area contributed by atoms with Gasteiger partial charge >= 0.3 is 12.2 Å². The third kappa shape index (κ3) is 4.70. The lowest BCUT2D eigenvalue weighted by Crippen LogP contribution is -2.44. The van der Waals surface area contributed by atoms with Crippen LogP contribution in [-0.4, -0.2) is 35.2 Å². The molecule has 0 saturated heterocycles. The lowest BCUT2D eigenvalue weighted by molar-refractivity contribution is 0.0428. The van der Waals surface area contributed by atoms with Crippen LogP contribution >= 0.6 is 27.5 Å². The zero-order valence-corrected chi connectivity index (χ0v) is 17.6. The second-order valence-corrected chi connectivity index (χ2v) is 8.57. The highest BCUT2D eigenvalue weighted by atomic mass is 79.9. The van der Waals surface area contributed by atoms with Crippen molar-refractivity contribution in [3.8, 4) is 11.6 Å². The molecule has 0 spiro atoms. The minimum atomic E-state index is -0.963. The normalized spacial score (nSPS) is 13.4. The number of aromatic nitrogens is 1. The first kappa shape index (κ1) is 20.6. The molecule has 1 aliphatic heterocycles. The summed E-state index contributed by atoms with van der Waals surface area (Å²) in [5.74, 6) is 0.156. The van der Waals surface area contributed by atoms with Gasteiger partial charge in [-0.2, -0.15) is 9.88 Å². The van der Waals surface area contributed by atoms with Gasteiger partial charge in [0.25, 0.3) is 5.88 Å². The molecule has 0 atom stereocenters. The van der Waals surface area contributed by atoms with Crippen LogP contribution in [0.5, 0.6) is 11.6 Å². The van der Waals surface area contributed by atoms with Gasteiger partial charge in [0.2, 0.25) is 12.5 Å². The van der Waals surface area contributed by atoms with Crippen molar-refractivity contribution in [1.29, 1.82) is 0 Å². The monoisotopic (exact) mass is 450 g/mol. The number of imide groups is 1. The van der Waals surface area contributed by atoms with Gasteiger partial charge < -0.3 is 18.9 Å². The van der Waals surface area contributed by atoms with Crippen LogP contribution in [0, 0.1) is 0 Å². The van der Waals surface area contributed by atoms with Crippen LogP contribution in [-0.2, 0) is 9.47 Å². The predicted molar refractivity (Wildman–Crippen MR) is 98.0 cm³/mol. The lowest BCUT2D eigenvalue weighted by Gasteiger charge is -2.28. The van der Waals surface area contributed by atoms with Crippen molar-refractivity contribution >= 4 is 45.5 Å². The molecule has 0 radical (unpaired) electrons. The van der Waals surface area contributed by atoms with E-state index in [4.69, 9.17) is 30.5 Å². The molecular weight excluding hydrogens is 432 g/mol. The minimum Gasteiger partial charge on any atom is -0.450 e. The van der Waals surface area contributed by atoms with E-state index in [9.17, 15) is 9.59 Å². The van der Waals surface area contributed by atoms with Crippen molar-refractivity contribution in [3.63, 3.8) is 0 Å². The Labute approximate surface area is 164 Å². The Balaban J connectivity index is 2.52. The molecular formula is C16H20BrClN2O6.